The number of nitrogens with one attached hydrogen (secondary N) is 1. The summed E-state index contributed by atoms with van der Waals surface area (Å²) >= 11 is 1.36. The van der Waals surface area contributed by atoms with E-state index in [4.69, 9.17) is 10.6 Å². The van der Waals surface area contributed by atoms with Crippen LogP contribution in [0.15, 0.2) is 48.7 Å². The molecule has 0 saturated heterocycles. The number of benzene rings is 1. The summed E-state index contributed by atoms with van der Waals surface area (Å²) in [5, 5.41) is 0.969. The molecular formula is C15H13N3O2S. The van der Waals surface area contributed by atoms with Crippen molar-refractivity contribution < 1.29 is 9.53 Å². The second-order valence-electron chi connectivity index (χ2n) is 4.35. The molecule has 0 unspecified atom stereocenters. The van der Waals surface area contributed by atoms with Crippen molar-refractivity contribution in [2.24, 2.45) is 5.84 Å². The molecule has 5 nitrogen and oxygen atoms in total. The molecule has 0 bridgehead atoms. The van der Waals surface area contributed by atoms with Gasteiger partial charge in [0, 0.05) is 16.5 Å². The van der Waals surface area contributed by atoms with E-state index < -0.39 is 0 Å². The zero-order valence-corrected chi connectivity index (χ0v) is 11.9. The minimum absolute atomic E-state index is 0.291. The lowest BCUT2D eigenvalue weighted by molar-refractivity contribution is 0.0957. The van der Waals surface area contributed by atoms with Crippen molar-refractivity contribution in [3.05, 3.63) is 58.4 Å². The number of ether oxygens (including phenoxy) is 1. The number of hydrazine groups is 1. The Labute approximate surface area is 125 Å². The Kier molecular flexibility index (Phi) is 3.81. The summed E-state index contributed by atoms with van der Waals surface area (Å²) in [6.07, 6.45) is 1.75. The molecule has 0 aliphatic carbocycles. The maximum Gasteiger partial charge on any atom is 0.275 e. The molecule has 21 heavy (non-hydrogen) atoms. The molecule has 0 aliphatic rings. The molecule has 0 aliphatic heterocycles. The van der Waals surface area contributed by atoms with Gasteiger partial charge in [0.25, 0.3) is 5.91 Å². The largest absolute Gasteiger partial charge is 0.487 e. The van der Waals surface area contributed by atoms with Crippen molar-refractivity contribution in [2.75, 3.05) is 0 Å². The van der Waals surface area contributed by atoms with Gasteiger partial charge in [0.1, 0.15) is 12.4 Å². The molecule has 1 amide bonds. The maximum atomic E-state index is 11.4. The van der Waals surface area contributed by atoms with Crippen LogP contribution in [0.5, 0.6) is 5.75 Å². The van der Waals surface area contributed by atoms with Gasteiger partial charge in [-0.2, -0.15) is 0 Å². The van der Waals surface area contributed by atoms with Crippen LogP contribution in [0.25, 0.3) is 10.9 Å². The molecule has 2 aromatic heterocycles. The number of hydrogen-bond donors (Lipinski definition) is 2. The highest BCUT2D eigenvalue weighted by Gasteiger charge is 2.08. The monoisotopic (exact) mass is 299 g/mol. The molecule has 0 saturated carbocycles. The van der Waals surface area contributed by atoms with Crippen LogP contribution in [0.2, 0.25) is 0 Å². The first-order valence-corrected chi connectivity index (χ1v) is 7.16. The Balaban J connectivity index is 1.77. The number of hydrogen-bond acceptors (Lipinski definition) is 5. The number of fused-ring (bicyclic) bond motifs is 1. The highest BCUT2D eigenvalue weighted by Crippen LogP contribution is 2.25. The van der Waals surface area contributed by atoms with E-state index in [-0.39, 0.29) is 5.91 Å². The van der Waals surface area contributed by atoms with Crippen molar-refractivity contribution in [3.63, 3.8) is 0 Å². The first-order chi connectivity index (χ1) is 10.3. The predicted octanol–water partition coefficient (Wildman–Crippen LogP) is 2.48. The fraction of sp³-hybridized carbons (Fsp3) is 0.0667. The average Bonchev–Trinajstić information content (AvgIpc) is 3.01. The number of carbonyl (C=O) groups excluding carboxylic acids is 1. The van der Waals surface area contributed by atoms with Crippen LogP contribution in [0, 0.1) is 0 Å². The average molecular weight is 299 g/mol. The summed E-state index contributed by atoms with van der Waals surface area (Å²) < 4.78 is 5.84. The van der Waals surface area contributed by atoms with E-state index in [0.29, 0.717) is 11.5 Å². The van der Waals surface area contributed by atoms with Gasteiger partial charge in [0.15, 0.2) is 0 Å². The quantitative estimate of drug-likeness (QED) is 0.441. The number of amides is 1. The van der Waals surface area contributed by atoms with Gasteiger partial charge in [-0.25, -0.2) is 5.84 Å². The minimum atomic E-state index is -0.291. The Bertz CT molecular complexity index is 780. The van der Waals surface area contributed by atoms with E-state index in [2.05, 4.69) is 10.4 Å². The van der Waals surface area contributed by atoms with Crippen molar-refractivity contribution in [2.45, 2.75) is 6.61 Å². The van der Waals surface area contributed by atoms with Gasteiger partial charge in [-0.3, -0.25) is 15.2 Å². The van der Waals surface area contributed by atoms with Gasteiger partial charge in [0.05, 0.1) is 10.4 Å². The summed E-state index contributed by atoms with van der Waals surface area (Å²) in [5.41, 5.74) is 3.01. The molecule has 2 heterocycles. The number of thiophene rings is 1. The van der Waals surface area contributed by atoms with Crippen LogP contribution in [0.4, 0.5) is 0 Å². The van der Waals surface area contributed by atoms with Crippen LogP contribution in [0.3, 0.4) is 0 Å². The number of nitrogen functional groups attached to an aromatic ring is 1. The summed E-state index contributed by atoms with van der Waals surface area (Å²) in [4.78, 5) is 17.2. The van der Waals surface area contributed by atoms with Crippen LogP contribution >= 0.6 is 11.3 Å². The summed E-state index contributed by atoms with van der Waals surface area (Å²) in [6.45, 7) is 0.399. The van der Waals surface area contributed by atoms with Crippen LogP contribution in [-0.2, 0) is 6.61 Å². The summed E-state index contributed by atoms with van der Waals surface area (Å²) in [6, 6.07) is 13.2. The molecule has 6 heteroatoms. The SMILES string of the molecule is NNC(=O)c1ccc(COc2cccc3ncccc23)s1. The summed E-state index contributed by atoms with van der Waals surface area (Å²) in [7, 11) is 0. The topological polar surface area (TPSA) is 77.2 Å². The van der Waals surface area contributed by atoms with E-state index in [0.717, 1.165) is 21.5 Å². The Morgan fingerprint density at radius 1 is 1.24 bits per heavy atom. The zero-order chi connectivity index (χ0) is 14.7. The molecular weight excluding hydrogens is 286 g/mol. The van der Waals surface area contributed by atoms with Crippen LogP contribution in [0.1, 0.15) is 14.5 Å². The molecule has 3 N–H and O–H groups in total. The molecule has 106 valence electrons. The number of carbonyl (C=O) groups is 1. The van der Waals surface area contributed by atoms with Crippen LogP contribution < -0.4 is 16.0 Å². The molecule has 0 radical (unpaired) electrons. The van der Waals surface area contributed by atoms with Gasteiger partial charge < -0.3 is 4.74 Å². The minimum Gasteiger partial charge on any atom is -0.487 e. The van der Waals surface area contributed by atoms with Crippen molar-refractivity contribution >= 4 is 28.1 Å². The molecule has 0 atom stereocenters. The van der Waals surface area contributed by atoms with Crippen LogP contribution in [-0.4, -0.2) is 10.9 Å². The third-order valence-electron chi connectivity index (χ3n) is 2.99. The van der Waals surface area contributed by atoms with E-state index in [9.17, 15) is 4.79 Å². The Hall–Kier alpha value is -2.44. The second-order valence-corrected chi connectivity index (χ2v) is 5.52. The van der Waals surface area contributed by atoms with Gasteiger partial charge in [-0.1, -0.05) is 6.07 Å². The highest BCUT2D eigenvalue weighted by molar-refractivity contribution is 7.14. The van der Waals surface area contributed by atoms with Gasteiger partial charge >= 0.3 is 0 Å². The zero-order valence-electron chi connectivity index (χ0n) is 11.1. The lowest BCUT2D eigenvalue weighted by Gasteiger charge is -2.07. The molecule has 0 fully saturated rings. The standard InChI is InChI=1S/C15H13N3O2S/c16-18-15(19)14-7-6-10(21-14)9-20-13-5-1-4-12-11(13)3-2-8-17-12/h1-8H,9,16H2,(H,18,19). The maximum absolute atomic E-state index is 11.4. The third-order valence-corrected chi connectivity index (χ3v) is 4.05. The smallest absolute Gasteiger partial charge is 0.275 e. The van der Waals surface area contributed by atoms with Crippen molar-refractivity contribution in [1.29, 1.82) is 0 Å². The first kappa shape index (κ1) is 13.5. The van der Waals surface area contributed by atoms with Gasteiger partial charge in [0.2, 0.25) is 0 Å². The highest BCUT2D eigenvalue weighted by atomic mass is 32.1. The van der Waals surface area contributed by atoms with E-state index in [1.54, 1.807) is 12.3 Å². The number of pyridine rings is 1. The van der Waals surface area contributed by atoms with Crippen molar-refractivity contribution in [1.82, 2.24) is 10.4 Å². The molecule has 3 aromatic rings. The Morgan fingerprint density at radius 3 is 3.00 bits per heavy atom. The Morgan fingerprint density at radius 2 is 2.14 bits per heavy atom. The van der Waals surface area contributed by atoms with Gasteiger partial charge in [-0.05, 0) is 36.4 Å². The second kappa shape index (κ2) is 5.90. The number of aromatic nitrogens is 1. The molecule has 1 aromatic carbocycles. The normalized spacial score (nSPS) is 10.5. The fourth-order valence-corrected chi connectivity index (χ4v) is 2.82. The fourth-order valence-electron chi connectivity index (χ4n) is 2.00. The first-order valence-electron chi connectivity index (χ1n) is 6.34. The number of nitrogens with zero attached hydrogens (tertiary/aromatic N) is 1. The molecule has 0 spiro atoms. The number of nitrogens with two attached hydrogens (primary N) is 1. The third kappa shape index (κ3) is 2.86. The van der Waals surface area contributed by atoms with E-state index in [1.165, 1.54) is 11.3 Å². The van der Waals surface area contributed by atoms with Gasteiger partial charge in [-0.15, -0.1) is 11.3 Å². The van der Waals surface area contributed by atoms with E-state index in [1.807, 2.05) is 36.4 Å². The lowest BCUT2D eigenvalue weighted by Crippen LogP contribution is -2.29. The molecule has 3 rings (SSSR count). The van der Waals surface area contributed by atoms with Crippen molar-refractivity contribution in [3.8, 4) is 5.75 Å². The number of rotatable bonds is 4. The predicted molar refractivity (Wildman–Crippen MR) is 82.0 cm³/mol. The van der Waals surface area contributed by atoms with E-state index >= 15 is 0 Å². The summed E-state index contributed by atoms with van der Waals surface area (Å²) in [5.74, 6) is 5.60. The lowest BCUT2D eigenvalue weighted by atomic mass is 10.2.